The van der Waals surface area contributed by atoms with Gasteiger partial charge in [0.25, 0.3) is 0 Å². The Balaban J connectivity index is 1.86. The van der Waals surface area contributed by atoms with Gasteiger partial charge in [0.1, 0.15) is 23.9 Å². The van der Waals surface area contributed by atoms with Gasteiger partial charge in [0.15, 0.2) is 0 Å². The molecule has 0 bridgehead atoms. The number of benzene rings is 1. The van der Waals surface area contributed by atoms with Crippen molar-refractivity contribution in [1.29, 1.82) is 0 Å². The van der Waals surface area contributed by atoms with E-state index < -0.39 is 12.1 Å². The molecule has 3 amide bonds. The van der Waals surface area contributed by atoms with Crippen LogP contribution in [0.25, 0.3) is 0 Å². The Hall–Kier alpha value is -2.61. The van der Waals surface area contributed by atoms with Crippen molar-refractivity contribution in [3.63, 3.8) is 0 Å². The molecular weight excluding hydrogens is 456 g/mol. The highest BCUT2D eigenvalue weighted by Gasteiger charge is 2.39. The average Bonchev–Trinajstić information content (AvgIpc) is 3.66. The summed E-state index contributed by atoms with van der Waals surface area (Å²) >= 11 is 0. The highest BCUT2D eigenvalue weighted by atomic mass is 16.5. The van der Waals surface area contributed by atoms with E-state index in [1.165, 1.54) is 4.90 Å². The molecule has 1 aliphatic carbocycles. The molecule has 8 heteroatoms. The number of fused-ring (bicyclic) bond motifs is 1. The van der Waals surface area contributed by atoms with Crippen LogP contribution < -0.4 is 20.7 Å². The van der Waals surface area contributed by atoms with Crippen molar-refractivity contribution >= 4 is 17.7 Å². The van der Waals surface area contributed by atoms with Gasteiger partial charge in [0.05, 0.1) is 6.04 Å². The highest BCUT2D eigenvalue weighted by molar-refractivity contribution is 5.93. The first-order valence-corrected chi connectivity index (χ1v) is 13.4. The first-order valence-electron chi connectivity index (χ1n) is 13.4. The van der Waals surface area contributed by atoms with Crippen LogP contribution in [0, 0.1) is 11.8 Å². The molecule has 1 heterocycles. The number of likely N-dealkylation sites (N-methyl/N-ethyl adjacent to an activating group) is 1. The van der Waals surface area contributed by atoms with Crippen molar-refractivity contribution in [2.75, 3.05) is 13.6 Å². The molecule has 1 aliphatic heterocycles. The van der Waals surface area contributed by atoms with Gasteiger partial charge in [-0.3, -0.25) is 14.4 Å². The fourth-order valence-electron chi connectivity index (χ4n) is 4.63. The smallest absolute Gasteiger partial charge is 0.243 e. The van der Waals surface area contributed by atoms with E-state index in [1.54, 1.807) is 14.0 Å². The SMILES string of the molecule is CC(C)C[C@H]1NC(=O)[C@@H](C)N(C)C(=O)[C@H](C2CC2)NC[C@@H](C)Oc2ccccc2CC[C@H](C)NC1=O. The molecule has 1 saturated carbocycles. The Labute approximate surface area is 215 Å². The molecule has 3 rings (SSSR count). The molecule has 3 N–H and O–H groups in total. The zero-order valence-corrected chi connectivity index (χ0v) is 22.7. The van der Waals surface area contributed by atoms with E-state index in [-0.39, 0.29) is 47.7 Å². The largest absolute Gasteiger partial charge is 0.489 e. The predicted octanol–water partition coefficient (Wildman–Crippen LogP) is 2.65. The van der Waals surface area contributed by atoms with Crippen molar-refractivity contribution in [1.82, 2.24) is 20.9 Å². The summed E-state index contributed by atoms with van der Waals surface area (Å²) in [6.07, 6.45) is 3.87. The Morgan fingerprint density at radius 2 is 1.69 bits per heavy atom. The zero-order chi connectivity index (χ0) is 26.4. The van der Waals surface area contributed by atoms with Crippen LogP contribution in [0.15, 0.2) is 24.3 Å². The second-order valence-electron chi connectivity index (χ2n) is 11.0. The minimum atomic E-state index is -0.695. The summed E-state index contributed by atoms with van der Waals surface area (Å²) in [5, 5.41) is 9.42. The van der Waals surface area contributed by atoms with E-state index in [0.29, 0.717) is 13.0 Å². The molecule has 0 saturated heterocycles. The lowest BCUT2D eigenvalue weighted by Gasteiger charge is -2.31. The lowest BCUT2D eigenvalue weighted by Crippen LogP contribution is -2.57. The summed E-state index contributed by atoms with van der Waals surface area (Å²) in [7, 11) is 1.66. The number of hydrogen-bond acceptors (Lipinski definition) is 5. The zero-order valence-electron chi connectivity index (χ0n) is 22.7. The number of nitrogens with zero attached hydrogens (tertiary/aromatic N) is 1. The maximum atomic E-state index is 13.4. The first-order chi connectivity index (χ1) is 17.1. The van der Waals surface area contributed by atoms with E-state index in [1.807, 2.05) is 45.9 Å². The van der Waals surface area contributed by atoms with Gasteiger partial charge in [0.2, 0.25) is 17.7 Å². The van der Waals surface area contributed by atoms with E-state index in [4.69, 9.17) is 4.74 Å². The minimum Gasteiger partial charge on any atom is -0.489 e. The van der Waals surface area contributed by atoms with Crippen LogP contribution in [0.5, 0.6) is 5.75 Å². The maximum Gasteiger partial charge on any atom is 0.243 e. The van der Waals surface area contributed by atoms with Gasteiger partial charge in [-0.2, -0.15) is 0 Å². The number of carbonyl (C=O) groups is 3. The van der Waals surface area contributed by atoms with Crippen LogP contribution in [0.2, 0.25) is 0 Å². The van der Waals surface area contributed by atoms with E-state index in [0.717, 1.165) is 37.0 Å². The van der Waals surface area contributed by atoms with Crippen LogP contribution in [0.3, 0.4) is 0 Å². The number of amides is 3. The third-order valence-electron chi connectivity index (χ3n) is 7.17. The number of aryl methyl sites for hydroxylation is 1. The third-order valence-corrected chi connectivity index (χ3v) is 7.17. The van der Waals surface area contributed by atoms with Crippen LogP contribution in [-0.2, 0) is 20.8 Å². The molecule has 1 fully saturated rings. The fourth-order valence-corrected chi connectivity index (χ4v) is 4.63. The number of ether oxygens (including phenoxy) is 1. The second kappa shape index (κ2) is 12.6. The van der Waals surface area contributed by atoms with Crippen LogP contribution >= 0.6 is 0 Å². The molecule has 200 valence electrons. The van der Waals surface area contributed by atoms with E-state index in [9.17, 15) is 14.4 Å². The second-order valence-corrected chi connectivity index (χ2v) is 11.0. The summed E-state index contributed by atoms with van der Waals surface area (Å²) in [4.78, 5) is 41.2. The molecule has 2 aliphatic rings. The van der Waals surface area contributed by atoms with Crippen molar-refractivity contribution in [3.05, 3.63) is 29.8 Å². The molecule has 36 heavy (non-hydrogen) atoms. The van der Waals surface area contributed by atoms with Crippen LogP contribution in [0.4, 0.5) is 0 Å². The van der Waals surface area contributed by atoms with Gasteiger partial charge in [-0.15, -0.1) is 0 Å². The molecule has 0 spiro atoms. The number of rotatable bonds is 3. The van der Waals surface area contributed by atoms with Crippen LogP contribution in [0.1, 0.15) is 65.9 Å². The lowest BCUT2D eigenvalue weighted by molar-refractivity contribution is -0.141. The number of para-hydroxylation sites is 1. The number of carbonyl (C=O) groups excluding carboxylic acids is 3. The number of hydrogen-bond donors (Lipinski definition) is 3. The van der Waals surface area contributed by atoms with Gasteiger partial charge in [-0.1, -0.05) is 32.0 Å². The highest BCUT2D eigenvalue weighted by Crippen LogP contribution is 2.33. The van der Waals surface area contributed by atoms with Gasteiger partial charge in [0, 0.05) is 19.6 Å². The van der Waals surface area contributed by atoms with Gasteiger partial charge < -0.3 is 25.6 Å². The quantitative estimate of drug-likeness (QED) is 0.593. The Morgan fingerprint density at radius 1 is 1.00 bits per heavy atom. The normalized spacial score (nSPS) is 29.5. The molecule has 1 aromatic carbocycles. The van der Waals surface area contributed by atoms with E-state index >= 15 is 0 Å². The summed E-state index contributed by atoms with van der Waals surface area (Å²) < 4.78 is 6.27. The average molecular weight is 501 g/mol. The molecule has 8 nitrogen and oxygen atoms in total. The third kappa shape index (κ3) is 7.69. The van der Waals surface area contributed by atoms with E-state index in [2.05, 4.69) is 22.0 Å². The van der Waals surface area contributed by atoms with Crippen LogP contribution in [-0.4, -0.2) is 66.5 Å². The molecular formula is C28H44N4O4. The maximum absolute atomic E-state index is 13.4. The molecule has 1 aromatic rings. The monoisotopic (exact) mass is 500 g/mol. The van der Waals surface area contributed by atoms with Crippen molar-refractivity contribution in [2.24, 2.45) is 11.8 Å². The summed E-state index contributed by atoms with van der Waals surface area (Å²) in [5.41, 5.74) is 1.09. The molecule has 0 aromatic heterocycles. The predicted molar refractivity (Wildman–Crippen MR) is 141 cm³/mol. The summed E-state index contributed by atoms with van der Waals surface area (Å²) in [6, 6.07) is 6.20. The van der Waals surface area contributed by atoms with Crippen molar-refractivity contribution in [3.8, 4) is 5.75 Å². The van der Waals surface area contributed by atoms with Crippen molar-refractivity contribution < 1.29 is 19.1 Å². The van der Waals surface area contributed by atoms with Gasteiger partial charge >= 0.3 is 0 Å². The summed E-state index contributed by atoms with van der Waals surface area (Å²) in [6.45, 7) is 10.3. The molecule has 0 unspecified atom stereocenters. The fraction of sp³-hybridized carbons (Fsp3) is 0.679. The molecule has 0 radical (unpaired) electrons. The minimum absolute atomic E-state index is 0.0731. The van der Waals surface area contributed by atoms with Gasteiger partial charge in [-0.05, 0) is 76.3 Å². The standard InChI is InChI=1S/C28H44N4O4/c1-17(2)15-23-27(34)30-18(3)11-12-21-9-7-8-10-24(21)36-19(4)16-29-25(22-13-14-22)28(35)32(6)20(5)26(33)31-23/h7-10,17-20,22-23,25,29H,11-16H2,1-6H3,(H,30,34)(H,31,33)/t18-,19+,20+,23+,25-/m0/s1. The Morgan fingerprint density at radius 3 is 2.36 bits per heavy atom. The summed E-state index contributed by atoms with van der Waals surface area (Å²) in [5.74, 6) is 0.700. The van der Waals surface area contributed by atoms with Crippen molar-refractivity contribution in [2.45, 2.75) is 97.0 Å². The lowest BCUT2D eigenvalue weighted by atomic mass is 10.0. The topological polar surface area (TPSA) is 99.8 Å². The van der Waals surface area contributed by atoms with Gasteiger partial charge in [-0.25, -0.2) is 0 Å². The first kappa shape index (κ1) is 28.0. The number of nitrogens with one attached hydrogen (secondary N) is 3. The Bertz CT molecular complexity index is 917. The molecule has 5 atom stereocenters. The Kier molecular flexibility index (Phi) is 9.77.